The highest BCUT2D eigenvalue weighted by Gasteiger charge is 2.22. The lowest BCUT2D eigenvalue weighted by atomic mass is 10.1. The first-order valence-electron chi connectivity index (χ1n) is 8.98. The van der Waals surface area contributed by atoms with Crippen molar-refractivity contribution in [2.45, 2.75) is 37.8 Å². The van der Waals surface area contributed by atoms with Crippen molar-refractivity contribution in [3.8, 4) is 0 Å². The fourth-order valence-corrected chi connectivity index (χ4v) is 3.97. The van der Waals surface area contributed by atoms with Crippen LogP contribution in [0.2, 0.25) is 5.02 Å². The number of benzene rings is 2. The minimum atomic E-state index is -3.54. The maximum absolute atomic E-state index is 12.5. The molecular formula is C20H26ClN3O3S. The largest absolute Gasteiger partial charge is 0.325 e. The molecule has 0 radical (unpaired) electrons. The average molecular weight is 424 g/mol. The van der Waals surface area contributed by atoms with Crippen LogP contribution in [0.25, 0.3) is 0 Å². The molecule has 2 N–H and O–H groups in total. The van der Waals surface area contributed by atoms with Crippen molar-refractivity contribution in [3.63, 3.8) is 0 Å². The summed E-state index contributed by atoms with van der Waals surface area (Å²) in [6, 6.07) is 13.4. The standard InChI is InChI=1S/C20H26ClN3O3S/c1-14(2)24(4)28(26,27)19-11-9-18(10-12-19)23-20(25)13-22-15(3)16-5-7-17(21)8-6-16/h5-12,14-15,22H,13H2,1-4H3,(H,23,25)/t15-/m1/s1. The maximum Gasteiger partial charge on any atom is 0.243 e. The average Bonchev–Trinajstić information content (AvgIpc) is 2.66. The molecule has 6 nitrogen and oxygen atoms in total. The monoisotopic (exact) mass is 423 g/mol. The minimum Gasteiger partial charge on any atom is -0.325 e. The van der Waals surface area contributed by atoms with Gasteiger partial charge in [-0.1, -0.05) is 23.7 Å². The smallest absolute Gasteiger partial charge is 0.243 e. The Morgan fingerprint density at radius 3 is 2.14 bits per heavy atom. The van der Waals surface area contributed by atoms with Gasteiger partial charge in [0.25, 0.3) is 0 Å². The van der Waals surface area contributed by atoms with E-state index in [-0.39, 0.29) is 29.4 Å². The lowest BCUT2D eigenvalue weighted by Gasteiger charge is -2.21. The highest BCUT2D eigenvalue weighted by molar-refractivity contribution is 7.89. The molecule has 0 heterocycles. The Hall–Kier alpha value is -1.93. The van der Waals surface area contributed by atoms with Crippen molar-refractivity contribution in [1.29, 1.82) is 0 Å². The van der Waals surface area contributed by atoms with Gasteiger partial charge in [-0.05, 0) is 62.7 Å². The Balaban J connectivity index is 1.93. The molecule has 0 spiro atoms. The highest BCUT2D eigenvalue weighted by atomic mass is 35.5. The van der Waals surface area contributed by atoms with Gasteiger partial charge in [0.2, 0.25) is 15.9 Å². The van der Waals surface area contributed by atoms with E-state index in [0.29, 0.717) is 10.7 Å². The van der Waals surface area contributed by atoms with E-state index in [1.54, 1.807) is 19.2 Å². The second-order valence-electron chi connectivity index (χ2n) is 6.84. The van der Waals surface area contributed by atoms with Crippen LogP contribution in [0.1, 0.15) is 32.4 Å². The molecule has 0 aliphatic heterocycles. The summed E-state index contributed by atoms with van der Waals surface area (Å²) < 4.78 is 26.2. The van der Waals surface area contributed by atoms with Gasteiger partial charge in [0, 0.05) is 29.8 Å². The van der Waals surface area contributed by atoms with E-state index >= 15 is 0 Å². The van der Waals surface area contributed by atoms with Crippen molar-refractivity contribution in [2.24, 2.45) is 0 Å². The summed E-state index contributed by atoms with van der Waals surface area (Å²) in [4.78, 5) is 12.4. The Morgan fingerprint density at radius 2 is 1.61 bits per heavy atom. The second-order valence-corrected chi connectivity index (χ2v) is 9.28. The molecule has 0 bridgehead atoms. The summed E-state index contributed by atoms with van der Waals surface area (Å²) in [7, 11) is -1.99. The van der Waals surface area contributed by atoms with Crippen LogP contribution in [0.5, 0.6) is 0 Å². The number of amides is 1. The van der Waals surface area contributed by atoms with Crippen molar-refractivity contribution < 1.29 is 13.2 Å². The quantitative estimate of drug-likeness (QED) is 0.679. The third kappa shape index (κ3) is 5.78. The van der Waals surface area contributed by atoms with Crippen molar-refractivity contribution in [1.82, 2.24) is 9.62 Å². The van der Waals surface area contributed by atoms with Gasteiger partial charge < -0.3 is 10.6 Å². The number of anilines is 1. The third-order valence-corrected chi connectivity index (χ3v) is 6.78. The second kappa shape index (κ2) is 9.52. The van der Waals surface area contributed by atoms with E-state index in [2.05, 4.69) is 10.6 Å². The molecular weight excluding hydrogens is 398 g/mol. The zero-order valence-electron chi connectivity index (χ0n) is 16.4. The van der Waals surface area contributed by atoms with Crippen LogP contribution in [0, 0.1) is 0 Å². The van der Waals surface area contributed by atoms with Crippen molar-refractivity contribution in [2.75, 3.05) is 18.9 Å². The lowest BCUT2D eigenvalue weighted by Crippen LogP contribution is -2.33. The van der Waals surface area contributed by atoms with Gasteiger partial charge in [0.05, 0.1) is 11.4 Å². The van der Waals surface area contributed by atoms with Crippen LogP contribution in [-0.2, 0) is 14.8 Å². The SMILES string of the molecule is CC(C)N(C)S(=O)(=O)c1ccc(NC(=O)CN[C@H](C)c2ccc(Cl)cc2)cc1. The summed E-state index contributed by atoms with van der Waals surface area (Å²) in [6.45, 7) is 5.70. The predicted octanol–water partition coefficient (Wildman–Crippen LogP) is 3.66. The Morgan fingerprint density at radius 1 is 1.04 bits per heavy atom. The van der Waals surface area contributed by atoms with Crippen LogP contribution in [0.15, 0.2) is 53.4 Å². The highest BCUT2D eigenvalue weighted by Crippen LogP contribution is 2.19. The summed E-state index contributed by atoms with van der Waals surface area (Å²) in [5.41, 5.74) is 1.57. The molecule has 1 amide bonds. The number of nitrogens with zero attached hydrogens (tertiary/aromatic N) is 1. The van der Waals surface area contributed by atoms with Crippen LogP contribution < -0.4 is 10.6 Å². The van der Waals surface area contributed by atoms with Crippen LogP contribution >= 0.6 is 11.6 Å². The van der Waals surface area contributed by atoms with Gasteiger partial charge in [0.15, 0.2) is 0 Å². The first kappa shape index (κ1) is 22.4. The minimum absolute atomic E-state index is 0.0119. The summed E-state index contributed by atoms with van der Waals surface area (Å²) in [6.07, 6.45) is 0. The molecule has 0 fully saturated rings. The van der Waals surface area contributed by atoms with Gasteiger partial charge in [-0.3, -0.25) is 4.79 Å². The maximum atomic E-state index is 12.5. The molecule has 0 aliphatic rings. The molecule has 2 aromatic carbocycles. The van der Waals surface area contributed by atoms with Crippen LogP contribution in [0.3, 0.4) is 0 Å². The first-order chi connectivity index (χ1) is 13.1. The number of nitrogens with one attached hydrogen (secondary N) is 2. The molecule has 0 saturated heterocycles. The Kier molecular flexibility index (Phi) is 7.60. The van der Waals surface area contributed by atoms with E-state index in [0.717, 1.165) is 5.56 Å². The molecule has 8 heteroatoms. The van der Waals surface area contributed by atoms with Crippen molar-refractivity contribution in [3.05, 3.63) is 59.1 Å². The van der Waals surface area contributed by atoms with E-state index in [1.165, 1.54) is 16.4 Å². The molecule has 0 saturated carbocycles. The van der Waals surface area contributed by atoms with E-state index < -0.39 is 10.0 Å². The Labute approximate surface area is 171 Å². The van der Waals surface area contributed by atoms with Gasteiger partial charge in [-0.15, -0.1) is 0 Å². The molecule has 28 heavy (non-hydrogen) atoms. The molecule has 152 valence electrons. The normalized spacial score (nSPS) is 13.0. The fraction of sp³-hybridized carbons (Fsp3) is 0.350. The molecule has 2 aromatic rings. The van der Waals surface area contributed by atoms with Gasteiger partial charge in [-0.25, -0.2) is 8.42 Å². The molecule has 2 rings (SSSR count). The number of carbonyl (C=O) groups excluding carboxylic acids is 1. The van der Waals surface area contributed by atoms with E-state index in [4.69, 9.17) is 11.6 Å². The topological polar surface area (TPSA) is 78.5 Å². The number of hydrogen-bond donors (Lipinski definition) is 2. The van der Waals surface area contributed by atoms with Crippen LogP contribution in [0.4, 0.5) is 5.69 Å². The number of carbonyl (C=O) groups is 1. The van der Waals surface area contributed by atoms with Crippen LogP contribution in [-0.4, -0.2) is 38.3 Å². The third-order valence-electron chi connectivity index (χ3n) is 4.48. The van der Waals surface area contributed by atoms with Crippen molar-refractivity contribution >= 4 is 33.2 Å². The molecule has 0 unspecified atom stereocenters. The first-order valence-corrected chi connectivity index (χ1v) is 10.8. The molecule has 1 atom stereocenters. The predicted molar refractivity (Wildman–Crippen MR) is 113 cm³/mol. The summed E-state index contributed by atoms with van der Waals surface area (Å²) in [5.74, 6) is -0.212. The lowest BCUT2D eigenvalue weighted by molar-refractivity contribution is -0.115. The van der Waals surface area contributed by atoms with E-state index in [9.17, 15) is 13.2 Å². The van der Waals surface area contributed by atoms with E-state index in [1.807, 2.05) is 45.0 Å². The number of sulfonamides is 1. The van der Waals surface area contributed by atoms with Gasteiger partial charge in [-0.2, -0.15) is 4.31 Å². The zero-order valence-corrected chi connectivity index (χ0v) is 18.0. The summed E-state index contributed by atoms with van der Waals surface area (Å²) >= 11 is 5.88. The fourth-order valence-electron chi connectivity index (χ4n) is 2.47. The summed E-state index contributed by atoms with van der Waals surface area (Å²) in [5, 5.41) is 6.57. The number of halogens is 1. The molecule has 0 aromatic heterocycles. The number of rotatable bonds is 8. The molecule has 0 aliphatic carbocycles. The Bertz CT molecular complexity index is 897. The zero-order chi connectivity index (χ0) is 20.9. The number of hydrogen-bond acceptors (Lipinski definition) is 4. The van der Waals surface area contributed by atoms with Gasteiger partial charge >= 0.3 is 0 Å². The van der Waals surface area contributed by atoms with Gasteiger partial charge in [0.1, 0.15) is 0 Å².